The van der Waals surface area contributed by atoms with Crippen molar-refractivity contribution in [3.05, 3.63) is 35.9 Å². The van der Waals surface area contributed by atoms with E-state index >= 15 is 0 Å². The molecular formula is C28H44N4O7. The Morgan fingerprint density at radius 1 is 1.00 bits per heavy atom. The Balaban J connectivity index is 3.36. The second-order valence-electron chi connectivity index (χ2n) is 10.1. The molecule has 2 atom stereocenters. The van der Waals surface area contributed by atoms with Gasteiger partial charge < -0.3 is 30.7 Å². The van der Waals surface area contributed by atoms with E-state index < -0.39 is 53.9 Å². The first-order valence-electron chi connectivity index (χ1n) is 13.5. The van der Waals surface area contributed by atoms with Gasteiger partial charge in [-0.25, -0.2) is 4.79 Å². The number of primary amides is 1. The second kappa shape index (κ2) is 17.1. The van der Waals surface area contributed by atoms with Gasteiger partial charge in [0.15, 0.2) is 0 Å². The van der Waals surface area contributed by atoms with Crippen molar-refractivity contribution in [1.82, 2.24) is 15.5 Å². The van der Waals surface area contributed by atoms with Crippen molar-refractivity contribution in [2.75, 3.05) is 19.7 Å². The SMILES string of the molecule is CCCCCCN(C(=O)C(CC(N)=O)NC(=O)OC(C)(C)C)C(C(=O)NCCC(=O)OCC)c1ccccc1. The Bertz CT molecular complexity index is 947. The third-order valence-electron chi connectivity index (χ3n) is 5.54. The van der Waals surface area contributed by atoms with Crippen molar-refractivity contribution < 1.29 is 33.4 Å². The van der Waals surface area contributed by atoms with Crippen LogP contribution in [-0.4, -0.2) is 66.0 Å². The van der Waals surface area contributed by atoms with E-state index in [1.54, 1.807) is 58.0 Å². The summed E-state index contributed by atoms with van der Waals surface area (Å²) in [5.74, 6) is -2.41. The fourth-order valence-electron chi connectivity index (χ4n) is 3.85. The molecule has 0 radical (unpaired) electrons. The maximum Gasteiger partial charge on any atom is 0.408 e. The van der Waals surface area contributed by atoms with Crippen molar-refractivity contribution in [1.29, 1.82) is 0 Å². The fourth-order valence-corrected chi connectivity index (χ4v) is 3.85. The molecule has 4 N–H and O–H groups in total. The van der Waals surface area contributed by atoms with Crippen molar-refractivity contribution in [3.8, 4) is 0 Å². The number of rotatable bonds is 16. The molecule has 0 spiro atoms. The van der Waals surface area contributed by atoms with Crippen LogP contribution in [-0.2, 0) is 28.7 Å². The molecule has 11 nitrogen and oxygen atoms in total. The van der Waals surface area contributed by atoms with Gasteiger partial charge in [0.25, 0.3) is 0 Å². The molecule has 0 aliphatic rings. The summed E-state index contributed by atoms with van der Waals surface area (Å²) in [4.78, 5) is 65.0. The zero-order valence-electron chi connectivity index (χ0n) is 23.8. The first-order valence-corrected chi connectivity index (χ1v) is 13.5. The molecule has 0 aromatic heterocycles. The molecule has 1 rings (SSSR count). The summed E-state index contributed by atoms with van der Waals surface area (Å²) in [5, 5.41) is 5.18. The zero-order valence-corrected chi connectivity index (χ0v) is 23.8. The van der Waals surface area contributed by atoms with Gasteiger partial charge in [-0.05, 0) is 39.7 Å². The van der Waals surface area contributed by atoms with Crippen LogP contribution < -0.4 is 16.4 Å². The lowest BCUT2D eigenvalue weighted by atomic mass is 10.0. The van der Waals surface area contributed by atoms with Gasteiger partial charge in [-0.3, -0.25) is 19.2 Å². The lowest BCUT2D eigenvalue weighted by Gasteiger charge is -2.34. The maximum atomic E-state index is 13.9. The van der Waals surface area contributed by atoms with Crippen LogP contribution in [0.25, 0.3) is 0 Å². The van der Waals surface area contributed by atoms with Crippen LogP contribution in [0, 0.1) is 0 Å². The van der Waals surface area contributed by atoms with Crippen LogP contribution in [0.5, 0.6) is 0 Å². The number of carbonyl (C=O) groups is 5. The van der Waals surface area contributed by atoms with E-state index in [1.807, 2.05) is 0 Å². The molecule has 0 fully saturated rings. The summed E-state index contributed by atoms with van der Waals surface area (Å²) in [7, 11) is 0. The summed E-state index contributed by atoms with van der Waals surface area (Å²) in [6.07, 6.45) is 1.91. The summed E-state index contributed by atoms with van der Waals surface area (Å²) >= 11 is 0. The van der Waals surface area contributed by atoms with Crippen LogP contribution in [0.3, 0.4) is 0 Å². The van der Waals surface area contributed by atoms with Crippen molar-refractivity contribution in [2.24, 2.45) is 5.73 Å². The third kappa shape index (κ3) is 13.1. The normalized spacial score (nSPS) is 12.5. The summed E-state index contributed by atoms with van der Waals surface area (Å²) < 4.78 is 10.2. The summed E-state index contributed by atoms with van der Waals surface area (Å²) in [6, 6.07) is 6.27. The first kappa shape index (κ1) is 33.4. The molecular weight excluding hydrogens is 504 g/mol. The quantitative estimate of drug-likeness (QED) is 0.212. The number of unbranched alkanes of at least 4 members (excludes halogenated alkanes) is 3. The van der Waals surface area contributed by atoms with Gasteiger partial charge in [0.2, 0.25) is 17.7 Å². The van der Waals surface area contributed by atoms with E-state index in [1.165, 1.54) is 4.90 Å². The highest BCUT2D eigenvalue weighted by Gasteiger charge is 2.36. The van der Waals surface area contributed by atoms with Gasteiger partial charge >= 0.3 is 12.1 Å². The van der Waals surface area contributed by atoms with Gasteiger partial charge in [0.05, 0.1) is 19.4 Å². The highest BCUT2D eigenvalue weighted by Crippen LogP contribution is 2.24. The highest BCUT2D eigenvalue weighted by molar-refractivity contribution is 5.94. The molecule has 0 heterocycles. The standard InChI is InChI=1S/C28H44N4O7/c1-6-8-9-13-18-32(26(36)21(19-22(29)33)31-27(37)39-28(3,4)5)24(20-14-11-10-12-15-20)25(35)30-17-16-23(34)38-7-2/h10-12,14-15,21,24H,6-9,13,16-19H2,1-5H3,(H2,29,33)(H,30,35)(H,31,37). The molecule has 39 heavy (non-hydrogen) atoms. The van der Waals surface area contributed by atoms with Crippen LogP contribution in [0.2, 0.25) is 0 Å². The van der Waals surface area contributed by atoms with Crippen molar-refractivity contribution in [2.45, 2.75) is 90.8 Å². The lowest BCUT2D eigenvalue weighted by molar-refractivity contribution is -0.144. The number of hydrogen-bond acceptors (Lipinski definition) is 7. The molecule has 4 amide bonds. The number of amides is 4. The number of alkyl carbamates (subject to hydrolysis) is 1. The fraction of sp³-hybridized carbons (Fsp3) is 0.607. The molecule has 0 aliphatic carbocycles. The van der Waals surface area contributed by atoms with E-state index in [2.05, 4.69) is 17.6 Å². The van der Waals surface area contributed by atoms with E-state index in [-0.39, 0.29) is 26.1 Å². The third-order valence-corrected chi connectivity index (χ3v) is 5.54. The van der Waals surface area contributed by atoms with Crippen LogP contribution >= 0.6 is 0 Å². The predicted molar refractivity (Wildman–Crippen MR) is 146 cm³/mol. The molecule has 1 aromatic rings. The van der Waals surface area contributed by atoms with Crippen LogP contribution in [0.15, 0.2) is 30.3 Å². The Labute approximate surface area is 231 Å². The number of esters is 1. The predicted octanol–water partition coefficient (Wildman–Crippen LogP) is 2.97. The molecule has 11 heteroatoms. The van der Waals surface area contributed by atoms with Gasteiger partial charge in [-0.1, -0.05) is 56.5 Å². The number of hydrogen-bond donors (Lipinski definition) is 3. The van der Waals surface area contributed by atoms with Gasteiger partial charge in [0.1, 0.15) is 17.7 Å². The number of ether oxygens (including phenoxy) is 2. The Morgan fingerprint density at radius 3 is 2.23 bits per heavy atom. The molecule has 2 unspecified atom stereocenters. The van der Waals surface area contributed by atoms with E-state index in [0.29, 0.717) is 12.0 Å². The number of benzene rings is 1. The monoisotopic (exact) mass is 548 g/mol. The number of carbonyl (C=O) groups excluding carboxylic acids is 5. The first-order chi connectivity index (χ1) is 18.4. The van der Waals surface area contributed by atoms with Gasteiger partial charge in [-0.2, -0.15) is 0 Å². The van der Waals surface area contributed by atoms with E-state index in [0.717, 1.165) is 19.3 Å². The number of nitrogens with two attached hydrogens (primary N) is 1. The average Bonchev–Trinajstić information content (AvgIpc) is 2.84. The minimum absolute atomic E-state index is 0.0136. The Hall–Kier alpha value is -3.63. The highest BCUT2D eigenvalue weighted by atomic mass is 16.6. The van der Waals surface area contributed by atoms with Crippen LogP contribution in [0.1, 0.15) is 84.7 Å². The average molecular weight is 549 g/mol. The molecule has 0 aliphatic heterocycles. The molecule has 1 aromatic carbocycles. The number of nitrogens with zero attached hydrogens (tertiary/aromatic N) is 1. The van der Waals surface area contributed by atoms with Crippen molar-refractivity contribution >= 4 is 29.8 Å². The Morgan fingerprint density at radius 2 is 1.67 bits per heavy atom. The molecule has 0 saturated heterocycles. The Kier molecular flexibility index (Phi) is 14.6. The minimum atomic E-state index is -1.35. The zero-order chi connectivity index (χ0) is 29.4. The van der Waals surface area contributed by atoms with Crippen molar-refractivity contribution in [3.63, 3.8) is 0 Å². The topological polar surface area (TPSA) is 157 Å². The van der Waals surface area contributed by atoms with E-state index in [4.69, 9.17) is 15.2 Å². The molecule has 0 bridgehead atoms. The smallest absolute Gasteiger partial charge is 0.408 e. The van der Waals surface area contributed by atoms with E-state index in [9.17, 15) is 24.0 Å². The van der Waals surface area contributed by atoms with Gasteiger partial charge in [0, 0.05) is 13.1 Å². The minimum Gasteiger partial charge on any atom is -0.466 e. The molecule has 218 valence electrons. The number of nitrogens with one attached hydrogen (secondary N) is 2. The second-order valence-corrected chi connectivity index (χ2v) is 10.1. The largest absolute Gasteiger partial charge is 0.466 e. The van der Waals surface area contributed by atoms with Crippen LogP contribution in [0.4, 0.5) is 4.79 Å². The van der Waals surface area contributed by atoms with Gasteiger partial charge in [-0.15, -0.1) is 0 Å². The summed E-state index contributed by atoms with van der Waals surface area (Å²) in [6.45, 7) is 9.19. The lowest BCUT2D eigenvalue weighted by Crippen LogP contribution is -2.54. The maximum absolute atomic E-state index is 13.9. The molecule has 0 saturated carbocycles. The summed E-state index contributed by atoms with van der Waals surface area (Å²) in [5.41, 5.74) is 5.11.